The number of amides is 3. The zero-order valence-electron chi connectivity index (χ0n) is 22.5. The minimum absolute atomic E-state index is 0.0177. The van der Waals surface area contributed by atoms with E-state index in [1.54, 1.807) is 0 Å². The molecule has 1 aliphatic heterocycles. The average Bonchev–Trinajstić information content (AvgIpc) is 2.82. The number of β-amino-alcohol motifs (C(OH)–C–C–N with tert-alkyl or cyclic N) is 1. The number of piperidine rings is 1. The number of hydrogen-bond donors (Lipinski definition) is 5. The third-order valence-electron chi connectivity index (χ3n) is 7.57. The Labute approximate surface area is 220 Å². The Morgan fingerprint density at radius 3 is 2.38 bits per heavy atom. The molecular weight excluding hydrogens is 470 g/mol. The van der Waals surface area contributed by atoms with Crippen LogP contribution in [0.5, 0.6) is 0 Å². The minimum Gasteiger partial charge on any atom is -0.390 e. The van der Waals surface area contributed by atoms with Crippen molar-refractivity contribution in [1.82, 2.24) is 15.5 Å². The summed E-state index contributed by atoms with van der Waals surface area (Å²) < 4.78 is 0. The van der Waals surface area contributed by atoms with Gasteiger partial charge in [0, 0.05) is 18.6 Å². The molecule has 0 unspecified atom stereocenters. The van der Waals surface area contributed by atoms with Crippen LogP contribution < -0.4 is 22.1 Å². The number of aliphatic hydroxyl groups excluding tert-OH is 1. The highest BCUT2D eigenvalue weighted by Gasteiger charge is 2.41. The van der Waals surface area contributed by atoms with Gasteiger partial charge in [-0.2, -0.15) is 0 Å². The van der Waals surface area contributed by atoms with Crippen molar-refractivity contribution in [2.75, 3.05) is 13.1 Å². The molecule has 0 radical (unpaired) electrons. The van der Waals surface area contributed by atoms with Gasteiger partial charge in [0.2, 0.25) is 17.7 Å². The van der Waals surface area contributed by atoms with Crippen LogP contribution in [0.15, 0.2) is 30.3 Å². The lowest BCUT2D eigenvalue weighted by atomic mass is 9.72. The van der Waals surface area contributed by atoms with Crippen molar-refractivity contribution in [2.24, 2.45) is 23.3 Å². The van der Waals surface area contributed by atoms with Crippen LogP contribution in [0.1, 0.15) is 64.9 Å². The molecule has 6 atom stereocenters. The molecule has 2 aliphatic rings. The summed E-state index contributed by atoms with van der Waals surface area (Å²) in [5.41, 5.74) is 11.7. The normalized spacial score (nSPS) is 24.8. The van der Waals surface area contributed by atoms with Gasteiger partial charge in [-0.25, -0.2) is 0 Å². The summed E-state index contributed by atoms with van der Waals surface area (Å²) in [6.45, 7) is 6.90. The van der Waals surface area contributed by atoms with Gasteiger partial charge >= 0.3 is 0 Å². The van der Waals surface area contributed by atoms with E-state index >= 15 is 0 Å². The molecule has 0 bridgehead atoms. The van der Waals surface area contributed by atoms with E-state index in [2.05, 4.69) is 15.5 Å². The Bertz CT molecular complexity index is 919. The molecule has 1 saturated carbocycles. The smallest absolute Gasteiger partial charge is 0.237 e. The van der Waals surface area contributed by atoms with Crippen molar-refractivity contribution in [3.8, 4) is 0 Å². The molecule has 3 rings (SSSR count). The van der Waals surface area contributed by atoms with Gasteiger partial charge in [-0.05, 0) is 57.4 Å². The first kappa shape index (κ1) is 29.1. The van der Waals surface area contributed by atoms with Crippen molar-refractivity contribution < 1.29 is 19.5 Å². The van der Waals surface area contributed by atoms with Crippen LogP contribution in [0.25, 0.3) is 0 Å². The number of nitrogens with zero attached hydrogens (tertiary/aromatic N) is 1. The van der Waals surface area contributed by atoms with Crippen LogP contribution in [0.4, 0.5) is 0 Å². The largest absolute Gasteiger partial charge is 0.390 e. The average molecular weight is 516 g/mol. The molecule has 1 aromatic rings. The molecule has 0 aromatic heterocycles. The molecule has 3 amide bonds. The second-order valence-corrected chi connectivity index (χ2v) is 11.9. The summed E-state index contributed by atoms with van der Waals surface area (Å²) in [6.07, 6.45) is 4.62. The number of primary amides is 1. The van der Waals surface area contributed by atoms with Gasteiger partial charge in [0.25, 0.3) is 0 Å². The molecule has 0 spiro atoms. The van der Waals surface area contributed by atoms with Crippen LogP contribution in [0, 0.1) is 11.8 Å². The quantitative estimate of drug-likeness (QED) is 0.315. The van der Waals surface area contributed by atoms with Crippen molar-refractivity contribution in [2.45, 2.75) is 95.5 Å². The van der Waals surface area contributed by atoms with E-state index in [9.17, 15) is 19.5 Å². The fourth-order valence-corrected chi connectivity index (χ4v) is 5.74. The zero-order valence-corrected chi connectivity index (χ0v) is 22.5. The molecule has 9 heteroatoms. The first-order valence-electron chi connectivity index (χ1n) is 13.5. The summed E-state index contributed by atoms with van der Waals surface area (Å²) >= 11 is 0. The monoisotopic (exact) mass is 515 g/mol. The van der Waals surface area contributed by atoms with Crippen molar-refractivity contribution >= 4 is 17.7 Å². The maximum atomic E-state index is 13.3. The molecule has 1 saturated heterocycles. The van der Waals surface area contributed by atoms with Gasteiger partial charge in [-0.15, -0.1) is 0 Å². The number of aliphatic hydroxyl groups is 1. The SMILES string of the molecule is CC(C)(C)NC(=O)[C@@H]1C[C@@H]2CCCC[C@@H]2CN1C[C@H](O)[C@H](Cc1ccccc1)NC(=O)[C@@H](N)CC(N)=O. The molecule has 37 heavy (non-hydrogen) atoms. The van der Waals surface area contributed by atoms with E-state index < -0.39 is 30.0 Å². The van der Waals surface area contributed by atoms with Gasteiger partial charge in [0.15, 0.2) is 0 Å². The van der Waals surface area contributed by atoms with Crippen LogP contribution in [0.2, 0.25) is 0 Å². The van der Waals surface area contributed by atoms with Gasteiger partial charge in [0.1, 0.15) is 0 Å². The molecule has 206 valence electrons. The number of fused-ring (bicyclic) bond motifs is 1. The Morgan fingerprint density at radius 2 is 1.76 bits per heavy atom. The van der Waals surface area contributed by atoms with Gasteiger partial charge in [-0.1, -0.05) is 49.6 Å². The number of carbonyl (C=O) groups excluding carboxylic acids is 3. The minimum atomic E-state index is -1.09. The highest BCUT2D eigenvalue weighted by atomic mass is 16.3. The maximum Gasteiger partial charge on any atom is 0.237 e. The third kappa shape index (κ3) is 8.79. The van der Waals surface area contributed by atoms with Crippen LogP contribution in [-0.4, -0.2) is 70.6 Å². The second kappa shape index (κ2) is 12.8. The summed E-state index contributed by atoms with van der Waals surface area (Å²) in [6, 6.07) is 7.50. The van der Waals surface area contributed by atoms with E-state index in [4.69, 9.17) is 11.5 Å². The van der Waals surface area contributed by atoms with E-state index in [0.717, 1.165) is 31.4 Å². The lowest BCUT2D eigenvalue weighted by Gasteiger charge is -2.47. The summed E-state index contributed by atoms with van der Waals surface area (Å²) in [7, 11) is 0. The highest BCUT2D eigenvalue weighted by Crippen LogP contribution is 2.39. The van der Waals surface area contributed by atoms with Gasteiger partial charge in [0.05, 0.1) is 30.7 Å². The molecule has 2 fully saturated rings. The number of nitrogens with two attached hydrogens (primary N) is 2. The fourth-order valence-electron chi connectivity index (χ4n) is 5.74. The molecular formula is C28H45N5O4. The van der Waals surface area contributed by atoms with Crippen LogP contribution in [-0.2, 0) is 20.8 Å². The summed E-state index contributed by atoms with van der Waals surface area (Å²) in [5.74, 6) is -0.191. The number of rotatable bonds is 10. The van der Waals surface area contributed by atoms with Crippen molar-refractivity contribution in [3.63, 3.8) is 0 Å². The Hall–Kier alpha value is -2.49. The number of carbonyl (C=O) groups is 3. The highest BCUT2D eigenvalue weighted by molar-refractivity contribution is 5.87. The van der Waals surface area contributed by atoms with Crippen molar-refractivity contribution in [3.05, 3.63) is 35.9 Å². The number of likely N-dealkylation sites (tertiary alicyclic amines) is 1. The summed E-state index contributed by atoms with van der Waals surface area (Å²) in [5, 5.41) is 17.4. The Balaban J connectivity index is 1.78. The van der Waals surface area contributed by atoms with E-state index in [1.165, 1.54) is 12.8 Å². The lowest BCUT2D eigenvalue weighted by Crippen LogP contribution is -2.60. The van der Waals surface area contributed by atoms with E-state index in [0.29, 0.717) is 18.3 Å². The lowest BCUT2D eigenvalue weighted by molar-refractivity contribution is -0.133. The maximum absolute atomic E-state index is 13.3. The standard InChI is InChI=1S/C28H45N5O4/c1-28(2,3)32-27(37)23-14-19-11-7-8-12-20(19)16-33(23)17-24(34)22(13-18-9-5-4-6-10-18)31-26(36)21(29)15-25(30)35/h4-6,9-10,19-24,34H,7-8,11-17,29H2,1-3H3,(H2,30,35)(H,31,36)(H,32,37)/t19-,20+,21-,22-,23-,24-/m0/s1. The number of benzene rings is 1. The second-order valence-electron chi connectivity index (χ2n) is 11.9. The van der Waals surface area contributed by atoms with E-state index in [-0.39, 0.29) is 30.5 Å². The topological polar surface area (TPSA) is 151 Å². The zero-order chi connectivity index (χ0) is 27.2. The number of nitrogens with one attached hydrogen (secondary N) is 2. The van der Waals surface area contributed by atoms with Crippen LogP contribution in [0.3, 0.4) is 0 Å². The molecule has 1 aromatic carbocycles. The van der Waals surface area contributed by atoms with Gasteiger partial charge < -0.3 is 27.2 Å². The molecule has 9 nitrogen and oxygen atoms in total. The Morgan fingerprint density at radius 1 is 1.11 bits per heavy atom. The molecule has 1 heterocycles. The predicted octanol–water partition coefficient (Wildman–Crippen LogP) is 1.07. The number of hydrogen-bond acceptors (Lipinski definition) is 6. The molecule has 1 aliphatic carbocycles. The van der Waals surface area contributed by atoms with E-state index in [1.807, 2.05) is 51.1 Å². The van der Waals surface area contributed by atoms with Crippen LogP contribution >= 0.6 is 0 Å². The van der Waals surface area contributed by atoms with Gasteiger partial charge in [-0.3, -0.25) is 19.3 Å². The first-order valence-corrected chi connectivity index (χ1v) is 13.5. The Kier molecular flexibility index (Phi) is 10.1. The first-order chi connectivity index (χ1) is 17.4. The summed E-state index contributed by atoms with van der Waals surface area (Å²) in [4.78, 5) is 39.5. The molecule has 7 N–H and O–H groups in total. The van der Waals surface area contributed by atoms with Crippen molar-refractivity contribution in [1.29, 1.82) is 0 Å². The predicted molar refractivity (Wildman–Crippen MR) is 143 cm³/mol. The third-order valence-corrected chi connectivity index (χ3v) is 7.57. The fraction of sp³-hybridized carbons (Fsp3) is 0.679.